The number of hydrogen-bond donors (Lipinski definition) is 1. The van der Waals surface area contributed by atoms with Crippen molar-refractivity contribution in [2.45, 2.75) is 233 Å². The molecule has 0 rings (SSSR count). The van der Waals surface area contributed by atoms with E-state index in [-0.39, 0.29) is 32.0 Å². The van der Waals surface area contributed by atoms with Crippen molar-refractivity contribution in [3.63, 3.8) is 0 Å². The predicted octanol–water partition coefficient (Wildman–Crippen LogP) is 15.3. The normalized spacial score (nSPS) is 13.6. The van der Waals surface area contributed by atoms with Gasteiger partial charge in [-0.2, -0.15) is 0 Å². The summed E-state index contributed by atoms with van der Waals surface area (Å²) in [5, 5.41) is 0. The van der Waals surface area contributed by atoms with E-state index in [0.29, 0.717) is 6.42 Å². The quantitative estimate of drug-likeness (QED) is 0.0280. The van der Waals surface area contributed by atoms with Gasteiger partial charge in [0.15, 0.2) is 6.10 Å². The second-order valence-electron chi connectivity index (χ2n) is 16.4. The first kappa shape index (κ1) is 56.0. The van der Waals surface area contributed by atoms with Crippen LogP contribution in [-0.4, -0.2) is 42.8 Å². The second-order valence-corrected chi connectivity index (χ2v) is 17.8. The Kier molecular flexibility index (Phi) is 40.3. The smallest absolute Gasteiger partial charge is 0.462 e. The van der Waals surface area contributed by atoms with Gasteiger partial charge in [0.1, 0.15) is 6.61 Å². The van der Waals surface area contributed by atoms with Gasteiger partial charge in [-0.1, -0.05) is 164 Å². The van der Waals surface area contributed by atoms with Crippen LogP contribution in [0.5, 0.6) is 0 Å². The number of rotatable bonds is 42. The molecule has 0 aromatic carbocycles. The highest BCUT2D eigenvalue weighted by molar-refractivity contribution is 7.47. The summed E-state index contributed by atoms with van der Waals surface area (Å²) in [6.45, 7) is 9.79. The first-order valence-corrected chi connectivity index (χ1v) is 25.1. The van der Waals surface area contributed by atoms with E-state index in [1.54, 1.807) is 6.08 Å². The molecule has 0 saturated carbocycles. The minimum Gasteiger partial charge on any atom is -0.462 e. The average molecular weight is 837 g/mol. The summed E-state index contributed by atoms with van der Waals surface area (Å²) in [7, 11) is -4.43. The fraction of sp³-hybridized carbons (Fsp3) is 0.796. The van der Waals surface area contributed by atoms with Crippen molar-refractivity contribution in [1.82, 2.24) is 0 Å². The first-order valence-electron chi connectivity index (χ1n) is 23.7. The summed E-state index contributed by atoms with van der Waals surface area (Å²) in [6, 6.07) is 0. The van der Waals surface area contributed by atoms with Gasteiger partial charge >= 0.3 is 19.8 Å². The number of unbranched alkanes of at least 4 members (excludes halogenated alkanes) is 22. The average Bonchev–Trinajstić information content (AvgIpc) is 3.18. The third kappa shape index (κ3) is 42.1. The van der Waals surface area contributed by atoms with Gasteiger partial charge in [-0.3, -0.25) is 18.6 Å². The minimum atomic E-state index is -4.43. The monoisotopic (exact) mass is 837 g/mol. The van der Waals surface area contributed by atoms with E-state index in [9.17, 15) is 19.0 Å². The summed E-state index contributed by atoms with van der Waals surface area (Å²) >= 11 is 0. The molecule has 0 aliphatic rings. The number of carbonyl (C=O) groups is 2. The summed E-state index contributed by atoms with van der Waals surface area (Å²) in [4.78, 5) is 35.6. The Morgan fingerprint density at radius 3 is 1.41 bits per heavy atom. The lowest BCUT2D eigenvalue weighted by Crippen LogP contribution is -2.29. The number of esters is 2. The van der Waals surface area contributed by atoms with E-state index in [0.717, 1.165) is 89.0 Å². The zero-order chi connectivity index (χ0) is 42.8. The zero-order valence-corrected chi connectivity index (χ0v) is 39.0. The Hall–Kier alpha value is -1.99. The SMILES string of the molecule is CCCCCCCC/C=C\CCCCCCCC(=O)OC[C@H](COP(=O)(O)OC/C=C(/C)CCC=C(C)C)OC(=O)CCCCCCC/C=C\CCCCCCCC. The maximum absolute atomic E-state index is 12.8. The van der Waals surface area contributed by atoms with Crippen LogP contribution in [0.2, 0.25) is 0 Å². The highest BCUT2D eigenvalue weighted by Gasteiger charge is 2.26. The van der Waals surface area contributed by atoms with E-state index >= 15 is 0 Å². The molecule has 2 atom stereocenters. The fourth-order valence-corrected chi connectivity index (χ4v) is 7.17. The Morgan fingerprint density at radius 1 is 0.517 bits per heavy atom. The van der Waals surface area contributed by atoms with Crippen LogP contribution in [0, 0.1) is 0 Å². The number of carbonyl (C=O) groups excluding carboxylic acids is 2. The summed E-state index contributed by atoms with van der Waals surface area (Å²) in [5.74, 6) is -0.823. The van der Waals surface area contributed by atoms with Gasteiger partial charge in [0.25, 0.3) is 0 Å². The van der Waals surface area contributed by atoms with E-state index < -0.39 is 26.5 Å². The van der Waals surface area contributed by atoms with Crippen molar-refractivity contribution in [2.24, 2.45) is 0 Å². The molecule has 1 N–H and O–H groups in total. The Bertz CT molecular complexity index is 1140. The first-order chi connectivity index (χ1) is 28.1. The molecule has 0 aromatic heterocycles. The molecule has 0 amide bonds. The maximum Gasteiger partial charge on any atom is 0.472 e. The van der Waals surface area contributed by atoms with Crippen LogP contribution < -0.4 is 0 Å². The molecule has 0 aromatic rings. The standard InChI is InChI=1S/C49H89O8P/c1-6-8-10-12-14-16-18-20-22-24-26-28-30-32-34-39-48(50)54-43-47(44-56-58(52,53)55-42-41-46(5)38-36-37-45(3)4)57-49(51)40-35-33-31-29-27-25-23-21-19-17-15-13-11-9-7-2/h20-23,37,41,47H,6-19,24-36,38-40,42-44H2,1-5H3,(H,52,53)/b22-20-,23-21-,46-41-/t47-/m1/s1. The lowest BCUT2D eigenvalue weighted by Gasteiger charge is -2.19. The van der Waals surface area contributed by atoms with Crippen LogP contribution in [0.1, 0.15) is 227 Å². The van der Waals surface area contributed by atoms with Crippen molar-refractivity contribution in [1.29, 1.82) is 0 Å². The van der Waals surface area contributed by atoms with Gasteiger partial charge in [0.05, 0.1) is 13.2 Å². The Morgan fingerprint density at radius 2 is 0.948 bits per heavy atom. The van der Waals surface area contributed by atoms with Crippen molar-refractivity contribution >= 4 is 19.8 Å². The number of phosphoric acid groups is 1. The topological polar surface area (TPSA) is 108 Å². The largest absolute Gasteiger partial charge is 0.472 e. The molecule has 1 unspecified atom stereocenters. The molecule has 8 nitrogen and oxygen atoms in total. The molecule has 9 heteroatoms. The molecule has 0 saturated heterocycles. The third-order valence-electron chi connectivity index (χ3n) is 10.2. The van der Waals surface area contributed by atoms with E-state index in [4.69, 9.17) is 18.5 Å². The van der Waals surface area contributed by atoms with Crippen molar-refractivity contribution in [3.05, 3.63) is 47.6 Å². The van der Waals surface area contributed by atoms with Crippen LogP contribution in [0.15, 0.2) is 47.6 Å². The number of phosphoric ester groups is 1. The Labute approximate surface area is 357 Å². The van der Waals surface area contributed by atoms with Crippen LogP contribution >= 0.6 is 7.82 Å². The van der Waals surface area contributed by atoms with Gasteiger partial charge in [0.2, 0.25) is 0 Å². The molecule has 338 valence electrons. The molecule has 0 heterocycles. The lowest BCUT2D eigenvalue weighted by atomic mass is 10.1. The van der Waals surface area contributed by atoms with Crippen LogP contribution in [0.25, 0.3) is 0 Å². The molecule has 0 spiro atoms. The summed E-state index contributed by atoms with van der Waals surface area (Å²) < 4.78 is 34.0. The van der Waals surface area contributed by atoms with E-state index in [1.807, 2.05) is 20.8 Å². The summed E-state index contributed by atoms with van der Waals surface area (Å²) in [5.41, 5.74) is 2.28. The van der Waals surface area contributed by atoms with Crippen molar-refractivity contribution < 1.29 is 37.6 Å². The van der Waals surface area contributed by atoms with Gasteiger partial charge in [0, 0.05) is 12.8 Å². The number of hydrogen-bond acceptors (Lipinski definition) is 7. The zero-order valence-electron chi connectivity index (χ0n) is 38.1. The van der Waals surface area contributed by atoms with Gasteiger partial charge in [-0.05, 0) is 97.8 Å². The number of ether oxygens (including phenoxy) is 2. The van der Waals surface area contributed by atoms with Gasteiger partial charge in [-0.15, -0.1) is 0 Å². The fourth-order valence-electron chi connectivity index (χ4n) is 6.48. The lowest BCUT2D eigenvalue weighted by molar-refractivity contribution is -0.161. The van der Waals surface area contributed by atoms with E-state index in [2.05, 4.69) is 44.2 Å². The van der Waals surface area contributed by atoms with Gasteiger partial charge < -0.3 is 14.4 Å². The maximum atomic E-state index is 12.8. The summed E-state index contributed by atoms with van der Waals surface area (Å²) in [6.07, 6.45) is 44.8. The molecule has 0 aliphatic heterocycles. The van der Waals surface area contributed by atoms with Crippen molar-refractivity contribution in [2.75, 3.05) is 19.8 Å². The van der Waals surface area contributed by atoms with E-state index in [1.165, 1.54) is 95.5 Å². The Balaban J connectivity index is 4.57. The van der Waals surface area contributed by atoms with Gasteiger partial charge in [-0.25, -0.2) is 4.57 Å². The molecule has 0 fully saturated rings. The second kappa shape index (κ2) is 41.7. The number of allylic oxidation sites excluding steroid dienone is 7. The highest BCUT2D eigenvalue weighted by Crippen LogP contribution is 2.43. The molecule has 0 radical (unpaired) electrons. The molecule has 58 heavy (non-hydrogen) atoms. The molecular weight excluding hydrogens is 748 g/mol. The molecular formula is C49H89O8P. The van der Waals surface area contributed by atoms with Crippen LogP contribution in [0.3, 0.4) is 0 Å². The third-order valence-corrected chi connectivity index (χ3v) is 11.1. The highest BCUT2D eigenvalue weighted by atomic mass is 31.2. The van der Waals surface area contributed by atoms with Crippen LogP contribution in [-0.2, 0) is 32.7 Å². The molecule has 0 bridgehead atoms. The van der Waals surface area contributed by atoms with Crippen LogP contribution in [0.4, 0.5) is 0 Å². The predicted molar refractivity (Wildman–Crippen MR) is 244 cm³/mol. The van der Waals surface area contributed by atoms with Crippen molar-refractivity contribution in [3.8, 4) is 0 Å². The molecule has 0 aliphatic carbocycles. The minimum absolute atomic E-state index is 0.0840.